The maximum atomic E-state index is 13.8. The van der Waals surface area contributed by atoms with Crippen LogP contribution < -0.4 is 16.2 Å². The Morgan fingerprint density at radius 3 is 2.32 bits per heavy atom. The fourth-order valence-electron chi connectivity index (χ4n) is 4.71. The fraction of sp³-hybridized carbons (Fsp3) is 0.312. The lowest BCUT2D eigenvalue weighted by Crippen LogP contribution is -2.51. The highest BCUT2D eigenvalue weighted by atomic mass is 35.5. The van der Waals surface area contributed by atoms with E-state index in [4.69, 9.17) is 11.6 Å². The van der Waals surface area contributed by atoms with Gasteiger partial charge in [0.25, 0.3) is 11.5 Å². The third-order valence-electron chi connectivity index (χ3n) is 6.80. The lowest BCUT2D eigenvalue weighted by Gasteiger charge is -2.32. The normalized spacial score (nSPS) is 12.6. The van der Waals surface area contributed by atoms with Gasteiger partial charge in [-0.15, -0.1) is 0 Å². The van der Waals surface area contributed by atoms with E-state index in [9.17, 15) is 9.59 Å². The van der Waals surface area contributed by atoms with E-state index >= 15 is 0 Å². The lowest BCUT2D eigenvalue weighted by molar-refractivity contribution is 0.0910. The van der Waals surface area contributed by atoms with E-state index in [0.717, 1.165) is 22.2 Å². The molecule has 38 heavy (non-hydrogen) atoms. The Kier molecular flexibility index (Phi) is 8.39. The van der Waals surface area contributed by atoms with Gasteiger partial charge in [0.15, 0.2) is 0 Å². The zero-order chi connectivity index (χ0) is 27.4. The van der Waals surface area contributed by atoms with Gasteiger partial charge in [-0.3, -0.25) is 9.59 Å². The van der Waals surface area contributed by atoms with Gasteiger partial charge in [0, 0.05) is 33.7 Å². The molecule has 0 fully saturated rings. The molecule has 0 aliphatic carbocycles. The number of aromatic nitrogens is 1. The first-order valence-corrected chi connectivity index (χ1v) is 13.4. The predicted octanol–water partition coefficient (Wildman–Crippen LogP) is 6.51. The third kappa shape index (κ3) is 6.53. The largest absolute Gasteiger partial charge is 0.346 e. The minimum Gasteiger partial charge on any atom is -0.346 e. The maximum Gasteiger partial charge on any atom is 0.258 e. The zero-order valence-electron chi connectivity index (χ0n) is 22.7. The zero-order valence-corrected chi connectivity index (χ0v) is 23.5. The molecule has 1 amide bonds. The summed E-state index contributed by atoms with van der Waals surface area (Å²) in [5, 5.41) is 8.88. The van der Waals surface area contributed by atoms with Gasteiger partial charge in [-0.25, -0.2) is 0 Å². The van der Waals surface area contributed by atoms with E-state index in [0.29, 0.717) is 29.1 Å². The van der Waals surface area contributed by atoms with Gasteiger partial charge in [-0.2, -0.15) is 0 Å². The molecule has 6 heteroatoms. The van der Waals surface area contributed by atoms with Crippen molar-refractivity contribution in [1.29, 1.82) is 0 Å². The minimum atomic E-state index is -0.528. The summed E-state index contributed by atoms with van der Waals surface area (Å²) >= 11 is 6.30. The molecule has 1 atom stereocenters. The Morgan fingerprint density at radius 2 is 1.66 bits per heavy atom. The van der Waals surface area contributed by atoms with Crippen LogP contribution in [0, 0.1) is 12.8 Å². The van der Waals surface area contributed by atoms with Gasteiger partial charge in [0.1, 0.15) is 0 Å². The summed E-state index contributed by atoms with van der Waals surface area (Å²) in [4.78, 5) is 26.7. The second kappa shape index (κ2) is 11.5. The van der Waals surface area contributed by atoms with Crippen molar-refractivity contribution in [3.63, 3.8) is 0 Å². The summed E-state index contributed by atoms with van der Waals surface area (Å²) < 4.78 is 1.86. The molecule has 4 aromatic rings. The number of benzene rings is 3. The molecular formula is C32H36ClN3O2. The van der Waals surface area contributed by atoms with Crippen molar-refractivity contribution >= 4 is 28.3 Å². The number of hydrogen-bond acceptors (Lipinski definition) is 3. The molecule has 1 heterocycles. The molecule has 5 nitrogen and oxygen atoms in total. The molecule has 0 radical (unpaired) electrons. The second-order valence-electron chi connectivity index (χ2n) is 11.0. The molecule has 3 aromatic carbocycles. The van der Waals surface area contributed by atoms with Gasteiger partial charge in [0.05, 0.1) is 12.6 Å². The van der Waals surface area contributed by atoms with Gasteiger partial charge in [-0.05, 0) is 74.0 Å². The van der Waals surface area contributed by atoms with E-state index < -0.39 is 5.54 Å². The van der Waals surface area contributed by atoms with Crippen LogP contribution in [0.5, 0.6) is 0 Å². The number of nitrogens with one attached hydrogen (secondary N) is 2. The van der Waals surface area contributed by atoms with E-state index in [1.54, 1.807) is 12.1 Å². The number of halogens is 1. The second-order valence-corrected chi connectivity index (χ2v) is 11.4. The molecule has 0 aliphatic heterocycles. The van der Waals surface area contributed by atoms with Crippen molar-refractivity contribution in [3.05, 3.63) is 117 Å². The number of pyridine rings is 1. The topological polar surface area (TPSA) is 63.1 Å². The van der Waals surface area contributed by atoms with E-state index in [1.165, 1.54) is 0 Å². The molecule has 4 rings (SSSR count). The Morgan fingerprint density at radius 1 is 0.974 bits per heavy atom. The molecule has 1 aromatic heterocycles. The van der Waals surface area contributed by atoms with Crippen molar-refractivity contribution < 1.29 is 4.79 Å². The summed E-state index contributed by atoms with van der Waals surface area (Å²) in [6.07, 6.45) is 0. The lowest BCUT2D eigenvalue weighted by atomic mass is 9.96. The van der Waals surface area contributed by atoms with Crippen LogP contribution in [-0.4, -0.2) is 22.6 Å². The van der Waals surface area contributed by atoms with Crippen molar-refractivity contribution in [2.75, 3.05) is 6.54 Å². The van der Waals surface area contributed by atoms with Crippen LogP contribution in [0.15, 0.2) is 83.7 Å². The van der Waals surface area contributed by atoms with Crippen LogP contribution in [0.3, 0.4) is 0 Å². The molecule has 0 aliphatic rings. The van der Waals surface area contributed by atoms with Crippen molar-refractivity contribution in [3.8, 4) is 0 Å². The van der Waals surface area contributed by atoms with Crippen LogP contribution in [0.25, 0.3) is 10.8 Å². The monoisotopic (exact) mass is 529 g/mol. The highest BCUT2D eigenvalue weighted by Crippen LogP contribution is 2.27. The molecule has 0 saturated carbocycles. The SMILES string of the molecule is Cc1ccc(C(=O)NC(C)(C)CNC(c2cc3cc(Cl)ccc3c(=O)n2Cc2ccccc2)C(C)C)cc1. The van der Waals surface area contributed by atoms with Gasteiger partial charge >= 0.3 is 0 Å². The third-order valence-corrected chi connectivity index (χ3v) is 7.04. The highest BCUT2D eigenvalue weighted by molar-refractivity contribution is 6.31. The Hall–Kier alpha value is -3.41. The number of hydrogen-bond donors (Lipinski definition) is 2. The molecule has 198 valence electrons. The quantitative estimate of drug-likeness (QED) is 0.260. The number of carbonyl (C=O) groups is 1. The first-order chi connectivity index (χ1) is 18.0. The first kappa shape index (κ1) is 27.6. The average molecular weight is 530 g/mol. The highest BCUT2D eigenvalue weighted by Gasteiger charge is 2.26. The minimum absolute atomic E-state index is 0.0441. The summed E-state index contributed by atoms with van der Waals surface area (Å²) in [5.74, 6) is 0.0656. The van der Waals surface area contributed by atoms with Crippen LogP contribution >= 0.6 is 11.6 Å². The van der Waals surface area contributed by atoms with Crippen molar-refractivity contribution in [2.45, 2.75) is 52.7 Å². The van der Waals surface area contributed by atoms with E-state index in [2.05, 4.69) is 30.5 Å². The summed E-state index contributed by atoms with van der Waals surface area (Å²) in [6, 6.07) is 24.9. The maximum absolute atomic E-state index is 13.8. The molecule has 0 spiro atoms. The van der Waals surface area contributed by atoms with Crippen LogP contribution in [0.1, 0.15) is 60.9 Å². The number of nitrogens with zero attached hydrogens (tertiary/aromatic N) is 1. The van der Waals surface area contributed by atoms with E-state index in [-0.39, 0.29) is 23.4 Å². The average Bonchev–Trinajstić information content (AvgIpc) is 2.86. The summed E-state index contributed by atoms with van der Waals surface area (Å²) in [6.45, 7) is 11.2. The van der Waals surface area contributed by atoms with Crippen molar-refractivity contribution in [2.24, 2.45) is 5.92 Å². The number of fused-ring (bicyclic) bond motifs is 1. The standard InChI is InChI=1S/C32H36ClN3O2/c1-21(2)29(34-20-32(4,5)35-30(37)24-13-11-22(3)12-14-24)28-18-25-17-26(33)15-16-27(25)31(38)36(28)19-23-9-7-6-8-10-23/h6-18,21,29,34H,19-20H2,1-5H3,(H,35,37). The van der Waals surface area contributed by atoms with Gasteiger partial charge in [0.2, 0.25) is 0 Å². The summed E-state index contributed by atoms with van der Waals surface area (Å²) in [7, 11) is 0. The molecule has 0 saturated heterocycles. The Labute approximate surface area is 229 Å². The Bertz CT molecular complexity index is 1470. The van der Waals surface area contributed by atoms with Crippen molar-refractivity contribution in [1.82, 2.24) is 15.2 Å². The van der Waals surface area contributed by atoms with E-state index in [1.807, 2.05) is 86.0 Å². The number of aryl methyl sites for hydroxylation is 1. The number of amides is 1. The van der Waals surface area contributed by atoms with Crippen LogP contribution in [0.2, 0.25) is 5.02 Å². The number of carbonyl (C=O) groups excluding carboxylic acids is 1. The van der Waals surface area contributed by atoms with Gasteiger partial charge < -0.3 is 15.2 Å². The molecular weight excluding hydrogens is 494 g/mol. The molecule has 0 bridgehead atoms. The predicted molar refractivity (Wildman–Crippen MR) is 157 cm³/mol. The van der Waals surface area contributed by atoms with Crippen LogP contribution in [-0.2, 0) is 6.54 Å². The first-order valence-electron chi connectivity index (χ1n) is 13.0. The summed E-state index contributed by atoms with van der Waals surface area (Å²) in [5.41, 5.74) is 3.12. The molecule has 1 unspecified atom stereocenters. The number of rotatable bonds is 9. The Balaban J connectivity index is 1.66. The van der Waals surface area contributed by atoms with Crippen LogP contribution in [0.4, 0.5) is 0 Å². The smallest absolute Gasteiger partial charge is 0.258 e. The fourth-order valence-corrected chi connectivity index (χ4v) is 4.89. The van der Waals surface area contributed by atoms with Gasteiger partial charge in [-0.1, -0.05) is 73.5 Å². The molecule has 2 N–H and O–H groups in total.